The molecule has 11 heteroatoms. The summed E-state index contributed by atoms with van der Waals surface area (Å²) in [5, 5.41) is 2.14. The van der Waals surface area contributed by atoms with Crippen LogP contribution in [-0.2, 0) is 9.59 Å². The first kappa shape index (κ1) is 25.5. The molecule has 2 heterocycles. The van der Waals surface area contributed by atoms with Gasteiger partial charge in [0.25, 0.3) is 11.1 Å². The quantitative estimate of drug-likeness (QED) is 0.369. The summed E-state index contributed by atoms with van der Waals surface area (Å²) in [7, 11) is 0. The first-order chi connectivity index (χ1) is 17.4. The van der Waals surface area contributed by atoms with Crippen LogP contribution in [0, 0.1) is 12.3 Å². The predicted molar refractivity (Wildman–Crippen MR) is 138 cm³/mol. The van der Waals surface area contributed by atoms with E-state index in [1.54, 1.807) is 36.4 Å². The first-order valence-electron chi connectivity index (χ1n) is 10.9. The van der Waals surface area contributed by atoms with Gasteiger partial charge in [0, 0.05) is 11.8 Å². The molecule has 0 aliphatic carbocycles. The van der Waals surface area contributed by atoms with Crippen LogP contribution in [0.25, 0.3) is 6.08 Å². The zero-order valence-electron chi connectivity index (χ0n) is 19.2. The fraction of sp³-hybridized carbons (Fsp3) is 0.240. The molecule has 2 aromatic carbocycles. The highest BCUT2D eigenvalue weighted by atomic mass is 79.9. The molecule has 2 aromatic rings. The molecule has 1 N–H and O–H groups in total. The topological polar surface area (TPSA) is 103 Å². The average Bonchev–Trinajstić information content (AvgIpc) is 3.11. The largest absolute Gasteiger partial charge is 0.490 e. The van der Waals surface area contributed by atoms with Crippen LogP contribution in [0.15, 0.2) is 39.7 Å². The number of terminal acetylenes is 1. The molecule has 0 unspecified atom stereocenters. The Bertz CT molecular complexity index is 1290. The van der Waals surface area contributed by atoms with Gasteiger partial charge in [-0.05, 0) is 70.5 Å². The lowest BCUT2D eigenvalue weighted by atomic mass is 10.2. The third-order valence-corrected chi connectivity index (χ3v) is 6.43. The Hall–Kier alpha value is -3.62. The number of benzene rings is 2. The van der Waals surface area contributed by atoms with Gasteiger partial charge < -0.3 is 24.3 Å². The Balaban J connectivity index is 1.47. The van der Waals surface area contributed by atoms with Crippen molar-refractivity contribution in [2.24, 2.45) is 0 Å². The van der Waals surface area contributed by atoms with Crippen molar-refractivity contribution >= 4 is 56.5 Å². The highest BCUT2D eigenvalue weighted by molar-refractivity contribution is 9.10. The smallest absolute Gasteiger partial charge is 0.294 e. The molecule has 0 atom stereocenters. The number of carbonyl (C=O) groups is 3. The van der Waals surface area contributed by atoms with Gasteiger partial charge in [0.15, 0.2) is 23.0 Å². The van der Waals surface area contributed by atoms with Crippen molar-refractivity contribution < 1.29 is 33.3 Å². The molecule has 0 saturated carbocycles. The van der Waals surface area contributed by atoms with Crippen LogP contribution >= 0.6 is 27.7 Å². The molecule has 1 fully saturated rings. The lowest BCUT2D eigenvalue weighted by Crippen LogP contribution is -2.36. The minimum Gasteiger partial charge on any atom is -0.490 e. The summed E-state index contributed by atoms with van der Waals surface area (Å²) in [5.41, 5.74) is 1.07. The van der Waals surface area contributed by atoms with Crippen molar-refractivity contribution in [3.63, 3.8) is 0 Å². The van der Waals surface area contributed by atoms with Crippen molar-refractivity contribution in [2.75, 3.05) is 38.3 Å². The number of fused-ring (bicyclic) bond motifs is 1. The maximum absolute atomic E-state index is 12.9. The number of anilines is 1. The van der Waals surface area contributed by atoms with Crippen LogP contribution in [0.2, 0.25) is 0 Å². The van der Waals surface area contributed by atoms with E-state index in [0.717, 1.165) is 16.7 Å². The van der Waals surface area contributed by atoms with Gasteiger partial charge in [-0.15, -0.1) is 6.42 Å². The Morgan fingerprint density at radius 3 is 2.75 bits per heavy atom. The minimum absolute atomic E-state index is 0.0607. The van der Waals surface area contributed by atoms with Crippen molar-refractivity contribution in [1.82, 2.24) is 4.90 Å². The summed E-state index contributed by atoms with van der Waals surface area (Å²) >= 11 is 4.19. The molecule has 2 aliphatic heterocycles. The zero-order chi connectivity index (χ0) is 25.7. The first-order valence-corrected chi connectivity index (χ1v) is 12.5. The summed E-state index contributed by atoms with van der Waals surface area (Å²) in [6, 6.07) is 8.37. The van der Waals surface area contributed by atoms with Gasteiger partial charge in [0.2, 0.25) is 5.91 Å². The monoisotopic (exact) mass is 572 g/mol. The number of hydrogen-bond acceptors (Lipinski definition) is 8. The van der Waals surface area contributed by atoms with E-state index in [1.807, 2.05) is 6.92 Å². The van der Waals surface area contributed by atoms with Crippen molar-refractivity contribution in [1.29, 1.82) is 0 Å². The molecule has 186 valence electrons. The molecular formula is C25H21BrN2O7S. The average molecular weight is 573 g/mol. The molecule has 4 rings (SSSR count). The lowest BCUT2D eigenvalue weighted by molar-refractivity contribution is -0.127. The molecule has 3 amide bonds. The van der Waals surface area contributed by atoms with Gasteiger partial charge >= 0.3 is 0 Å². The van der Waals surface area contributed by atoms with Crippen LogP contribution in [0.3, 0.4) is 0 Å². The van der Waals surface area contributed by atoms with Crippen LogP contribution in [0.4, 0.5) is 10.5 Å². The molecule has 36 heavy (non-hydrogen) atoms. The second-order valence-electron chi connectivity index (χ2n) is 7.43. The van der Waals surface area contributed by atoms with Gasteiger partial charge in [-0.2, -0.15) is 0 Å². The fourth-order valence-corrected chi connectivity index (χ4v) is 4.85. The van der Waals surface area contributed by atoms with Gasteiger partial charge in [-0.3, -0.25) is 19.3 Å². The molecule has 1 saturated heterocycles. The maximum Gasteiger partial charge on any atom is 0.294 e. The van der Waals surface area contributed by atoms with E-state index in [9.17, 15) is 14.4 Å². The van der Waals surface area contributed by atoms with E-state index in [4.69, 9.17) is 25.4 Å². The minimum atomic E-state index is -0.566. The zero-order valence-corrected chi connectivity index (χ0v) is 21.6. The standard InChI is InChI=1S/C25H21BrN2O7S/c1-3-7-35-23-17(26)10-15(11-20(23)32-4-2)12-21-24(30)28(25(31)36-21)14-22(29)27-16-5-6-18-19(13-16)34-9-8-33-18/h1,5-6,10-13H,4,7-9,14H2,2H3,(H,27,29)/b21-12-. The van der Waals surface area contributed by atoms with Crippen LogP contribution in [0.5, 0.6) is 23.0 Å². The number of carbonyl (C=O) groups excluding carboxylic acids is 3. The number of halogens is 1. The SMILES string of the molecule is C#CCOc1c(Br)cc(/C=C2\SC(=O)N(CC(=O)Nc3ccc4c(c3)OCCO4)C2=O)cc1OCC. The second kappa shape index (κ2) is 11.4. The number of amides is 3. The number of thioether (sulfide) groups is 1. The van der Waals surface area contributed by atoms with Crippen LogP contribution in [-0.4, -0.2) is 54.9 Å². The molecule has 0 aromatic heterocycles. The highest BCUT2D eigenvalue weighted by Gasteiger charge is 2.36. The Labute approximate surface area is 220 Å². The number of hydrogen-bond donors (Lipinski definition) is 1. The Morgan fingerprint density at radius 2 is 2.00 bits per heavy atom. The van der Waals surface area contributed by atoms with Crippen molar-refractivity contribution in [3.05, 3.63) is 45.3 Å². The van der Waals surface area contributed by atoms with E-state index in [2.05, 4.69) is 27.2 Å². The fourth-order valence-electron chi connectivity index (χ4n) is 3.44. The predicted octanol–water partition coefficient (Wildman–Crippen LogP) is 4.31. The molecular weight excluding hydrogens is 552 g/mol. The third-order valence-electron chi connectivity index (χ3n) is 4.93. The molecule has 0 spiro atoms. The number of rotatable bonds is 8. The van der Waals surface area contributed by atoms with Gasteiger partial charge in [0.05, 0.1) is 16.0 Å². The van der Waals surface area contributed by atoms with Crippen molar-refractivity contribution in [3.8, 4) is 35.3 Å². The van der Waals surface area contributed by atoms with Crippen molar-refractivity contribution in [2.45, 2.75) is 6.92 Å². The van der Waals surface area contributed by atoms with E-state index >= 15 is 0 Å². The Kier molecular flexibility index (Phi) is 8.07. The summed E-state index contributed by atoms with van der Waals surface area (Å²) in [5.74, 6) is 3.29. The Morgan fingerprint density at radius 1 is 1.22 bits per heavy atom. The van der Waals surface area contributed by atoms with Gasteiger partial charge in [-0.25, -0.2) is 0 Å². The van der Waals surface area contributed by atoms with E-state index < -0.39 is 23.6 Å². The second-order valence-corrected chi connectivity index (χ2v) is 9.28. The summed E-state index contributed by atoms with van der Waals surface area (Å²) in [6.45, 7) is 2.72. The number of nitrogens with zero attached hydrogens (tertiary/aromatic N) is 1. The summed E-state index contributed by atoms with van der Waals surface area (Å²) in [4.78, 5) is 39.1. The van der Waals surface area contributed by atoms with E-state index in [1.165, 1.54) is 0 Å². The summed E-state index contributed by atoms with van der Waals surface area (Å²) < 4.78 is 22.7. The maximum atomic E-state index is 12.9. The van der Waals surface area contributed by atoms with Gasteiger partial charge in [-0.1, -0.05) is 5.92 Å². The van der Waals surface area contributed by atoms with Crippen LogP contribution < -0.4 is 24.3 Å². The molecule has 9 nitrogen and oxygen atoms in total. The van der Waals surface area contributed by atoms with Gasteiger partial charge in [0.1, 0.15) is 26.4 Å². The van der Waals surface area contributed by atoms with E-state index in [-0.39, 0.29) is 11.5 Å². The molecule has 2 aliphatic rings. The molecule has 0 bridgehead atoms. The number of imide groups is 1. The third kappa shape index (κ3) is 5.78. The number of nitrogens with one attached hydrogen (secondary N) is 1. The lowest BCUT2D eigenvalue weighted by Gasteiger charge is -2.19. The summed E-state index contributed by atoms with van der Waals surface area (Å²) in [6.07, 6.45) is 6.84. The highest BCUT2D eigenvalue weighted by Crippen LogP contribution is 2.39. The van der Waals surface area contributed by atoms with E-state index in [0.29, 0.717) is 58.5 Å². The number of ether oxygens (including phenoxy) is 4. The molecule has 0 radical (unpaired) electrons. The van der Waals surface area contributed by atoms with Crippen LogP contribution in [0.1, 0.15) is 12.5 Å². The normalized spacial score (nSPS) is 15.6.